The molecule has 0 saturated heterocycles. The predicted octanol–water partition coefficient (Wildman–Crippen LogP) is -0.126. The normalized spacial score (nSPS) is 0.750. The standard InChI is InChI=1S/Ag.Mn.O.V. The second-order valence-electron chi connectivity index (χ2n) is 0. The molecule has 0 unspecified atom stereocenters. The van der Waals surface area contributed by atoms with E-state index in [1.54, 1.807) is 0 Å². The average Bonchev–Trinajstić information content (AvgIpc) is 1.00. The van der Waals surface area contributed by atoms with Crippen LogP contribution in [0.3, 0.4) is 0 Å². The van der Waals surface area contributed by atoms with Crippen molar-refractivity contribution >= 4 is 0 Å². The van der Waals surface area contributed by atoms with Crippen molar-refractivity contribution in [3.63, 3.8) is 0 Å². The molecule has 4 heavy (non-hydrogen) atoms. The van der Waals surface area contributed by atoms with Gasteiger partial charge < -0.3 is 0 Å². The molecule has 0 atom stereocenters. The summed E-state index contributed by atoms with van der Waals surface area (Å²) in [6.45, 7) is 0. The van der Waals surface area contributed by atoms with Crippen molar-refractivity contribution < 1.29 is 60.5 Å². The molecular formula is AgMnOV. The monoisotopic (exact) mass is 229 g/mol. The molecule has 0 rings (SSSR count). The first-order valence-corrected chi connectivity index (χ1v) is 0.753. The van der Waals surface area contributed by atoms with E-state index in [0.717, 1.165) is 17.4 Å². The van der Waals surface area contributed by atoms with Gasteiger partial charge in [0, 0.05) is 39.4 Å². The Morgan fingerprint density at radius 1 is 1.25 bits per heavy atom. The van der Waals surface area contributed by atoms with Gasteiger partial charge in [-0.25, -0.2) is 0 Å². The van der Waals surface area contributed by atoms with Gasteiger partial charge in [-0.05, 0) is 0 Å². The number of rotatable bonds is 0. The molecule has 0 aliphatic carbocycles. The molecule has 0 saturated carbocycles. The molecule has 0 spiro atoms. The molecule has 2 radical (unpaired) electrons. The van der Waals surface area contributed by atoms with Crippen molar-refractivity contribution in [2.24, 2.45) is 0 Å². The van der Waals surface area contributed by atoms with E-state index >= 15 is 0 Å². The van der Waals surface area contributed by atoms with Crippen molar-refractivity contribution in [2.75, 3.05) is 0 Å². The third kappa shape index (κ3) is 9.43. The summed E-state index contributed by atoms with van der Waals surface area (Å²) in [5.74, 6) is 0. The summed E-state index contributed by atoms with van der Waals surface area (Å²) in [5, 5.41) is 0. The molecule has 0 heterocycles. The van der Waals surface area contributed by atoms with Crippen LogP contribution in [0.15, 0.2) is 0 Å². The van der Waals surface area contributed by atoms with E-state index in [-0.39, 0.29) is 39.4 Å². The van der Waals surface area contributed by atoms with Crippen molar-refractivity contribution in [1.82, 2.24) is 0 Å². The Kier molecular flexibility index (Phi) is 99.3. The summed E-state index contributed by atoms with van der Waals surface area (Å²) in [4.78, 5) is 0. The van der Waals surface area contributed by atoms with Gasteiger partial charge in [0.15, 0.2) is 0 Å². The summed E-state index contributed by atoms with van der Waals surface area (Å²) in [6.07, 6.45) is 0. The van der Waals surface area contributed by atoms with Gasteiger partial charge in [0.25, 0.3) is 0 Å². The van der Waals surface area contributed by atoms with Gasteiger partial charge in [0.05, 0.1) is 0 Å². The van der Waals surface area contributed by atoms with Crippen LogP contribution < -0.4 is 0 Å². The average molecular weight is 230 g/mol. The predicted molar refractivity (Wildman–Crippen MR) is 0.686 cm³/mol. The zero-order chi connectivity index (χ0) is 2.00. The molecule has 0 aromatic heterocycles. The molecule has 0 aromatic carbocycles. The van der Waals surface area contributed by atoms with E-state index in [2.05, 4.69) is 0 Å². The minimum atomic E-state index is 0. The van der Waals surface area contributed by atoms with Gasteiger partial charge in [-0.3, -0.25) is 0 Å². The van der Waals surface area contributed by atoms with Crippen LogP contribution in [-0.4, -0.2) is 0 Å². The third-order valence-electron chi connectivity index (χ3n) is 0. The van der Waals surface area contributed by atoms with E-state index in [9.17, 15) is 0 Å². The third-order valence-corrected chi connectivity index (χ3v) is 0. The van der Waals surface area contributed by atoms with Crippen LogP contribution in [0.25, 0.3) is 0 Å². The van der Waals surface area contributed by atoms with E-state index in [1.165, 1.54) is 0 Å². The Morgan fingerprint density at radius 3 is 1.25 bits per heavy atom. The molecule has 0 aliphatic rings. The second-order valence-corrected chi connectivity index (χ2v) is 0. The van der Waals surface area contributed by atoms with E-state index < -0.39 is 0 Å². The second kappa shape index (κ2) is 22.8. The first-order valence-electron chi connectivity index (χ1n) is 0.183. The van der Waals surface area contributed by atoms with Crippen LogP contribution in [0.5, 0.6) is 0 Å². The molecule has 1 nitrogen and oxygen atoms in total. The molecule has 0 amide bonds. The molecule has 29 valence electrons. The maximum absolute atomic E-state index is 8.19. The Morgan fingerprint density at radius 2 is 1.25 bits per heavy atom. The molecule has 0 bridgehead atoms. The van der Waals surface area contributed by atoms with Gasteiger partial charge in [0.2, 0.25) is 0 Å². The summed E-state index contributed by atoms with van der Waals surface area (Å²) in [7, 11) is 0. The minimum absolute atomic E-state index is 0. The fourth-order valence-electron chi connectivity index (χ4n) is 0. The summed E-state index contributed by atoms with van der Waals surface area (Å²) in [5.41, 5.74) is 0. The summed E-state index contributed by atoms with van der Waals surface area (Å²) < 4.78 is 8.19. The SMILES string of the molecule is [Ag].[Mn].[O]=[V]. The maximum atomic E-state index is 8.19. The van der Waals surface area contributed by atoms with E-state index in [0.29, 0.717) is 0 Å². The van der Waals surface area contributed by atoms with Gasteiger partial charge in [-0.15, -0.1) is 0 Å². The molecule has 0 fully saturated rings. The Hall–Kier alpha value is 1.64. The first kappa shape index (κ1) is 17.4. The molecular weight excluding hydrogens is 230 g/mol. The van der Waals surface area contributed by atoms with Crippen LogP contribution >= 0.6 is 0 Å². The van der Waals surface area contributed by atoms with Crippen LogP contribution in [0, 0.1) is 0 Å². The first-order chi connectivity index (χ1) is 1.00. The van der Waals surface area contributed by atoms with Crippen molar-refractivity contribution in [3.8, 4) is 0 Å². The van der Waals surface area contributed by atoms with Crippen molar-refractivity contribution in [2.45, 2.75) is 0 Å². The Labute approximate surface area is 60.1 Å². The number of hydrogen-bond acceptors (Lipinski definition) is 1. The zero-order valence-corrected chi connectivity index (χ0v) is 5.59. The van der Waals surface area contributed by atoms with E-state index in [1.807, 2.05) is 0 Å². The van der Waals surface area contributed by atoms with Crippen LogP contribution in [0.1, 0.15) is 0 Å². The molecule has 0 aromatic rings. The Balaban J connectivity index is -0.00000000500. The van der Waals surface area contributed by atoms with Crippen LogP contribution in [0.2, 0.25) is 0 Å². The fourth-order valence-corrected chi connectivity index (χ4v) is 0. The van der Waals surface area contributed by atoms with E-state index in [4.69, 9.17) is 3.67 Å². The number of hydrogen-bond donors (Lipinski definition) is 0. The van der Waals surface area contributed by atoms with Crippen LogP contribution in [0.4, 0.5) is 0 Å². The van der Waals surface area contributed by atoms with Gasteiger partial charge in [-0.2, -0.15) is 0 Å². The summed E-state index contributed by atoms with van der Waals surface area (Å²) >= 11 is 1.06. The summed E-state index contributed by atoms with van der Waals surface area (Å²) in [6, 6.07) is 0. The molecule has 0 N–H and O–H groups in total. The van der Waals surface area contributed by atoms with Crippen LogP contribution in [-0.2, 0) is 60.5 Å². The fraction of sp³-hybridized carbons (Fsp3) is 0. The Bertz CT molecular complexity index is 8.00. The molecule has 4 heteroatoms. The quantitative estimate of drug-likeness (QED) is 0.529. The van der Waals surface area contributed by atoms with Crippen molar-refractivity contribution in [3.05, 3.63) is 0 Å². The zero-order valence-electron chi connectivity index (χ0n) is 1.53. The van der Waals surface area contributed by atoms with Gasteiger partial charge in [0.1, 0.15) is 0 Å². The molecule has 0 aliphatic heterocycles. The van der Waals surface area contributed by atoms with Gasteiger partial charge in [-0.1, -0.05) is 0 Å². The van der Waals surface area contributed by atoms with Crippen molar-refractivity contribution in [1.29, 1.82) is 0 Å². The van der Waals surface area contributed by atoms with Gasteiger partial charge >= 0.3 is 21.0 Å². The topological polar surface area (TPSA) is 17.1 Å².